The molecule has 3 aliphatic rings. The standard InChI is InChI=1S/C20H23F2N3O3/c21-16(22)13-7-3-6-12(8-13)15(11-4-1-2-5-11)23-17(26)14-9-20(10-14)18(27)24-19(28)25-20/h3,6-8,11,14-16H,1-2,4-5,9-10H2,(H,23,26)(H2,24,25,27,28). The van der Waals surface area contributed by atoms with Gasteiger partial charge in [-0.2, -0.15) is 0 Å². The van der Waals surface area contributed by atoms with Gasteiger partial charge in [0, 0.05) is 11.5 Å². The van der Waals surface area contributed by atoms with Crippen molar-refractivity contribution in [1.82, 2.24) is 16.0 Å². The topological polar surface area (TPSA) is 87.3 Å². The van der Waals surface area contributed by atoms with E-state index in [0.29, 0.717) is 5.56 Å². The van der Waals surface area contributed by atoms with Crippen molar-refractivity contribution in [2.24, 2.45) is 11.8 Å². The molecule has 3 N–H and O–H groups in total. The number of carbonyl (C=O) groups is 3. The summed E-state index contributed by atoms with van der Waals surface area (Å²) >= 11 is 0. The minimum Gasteiger partial charge on any atom is -0.349 e. The minimum absolute atomic E-state index is 0.0531. The number of rotatable bonds is 5. The molecule has 4 amide bonds. The Balaban J connectivity index is 1.48. The van der Waals surface area contributed by atoms with E-state index in [2.05, 4.69) is 16.0 Å². The van der Waals surface area contributed by atoms with Crippen molar-refractivity contribution in [3.05, 3.63) is 35.4 Å². The van der Waals surface area contributed by atoms with Gasteiger partial charge in [0.25, 0.3) is 12.3 Å². The Morgan fingerprint density at radius 2 is 1.82 bits per heavy atom. The Morgan fingerprint density at radius 1 is 1.14 bits per heavy atom. The summed E-state index contributed by atoms with van der Waals surface area (Å²) in [7, 11) is 0. The molecule has 1 aliphatic heterocycles. The quantitative estimate of drug-likeness (QED) is 0.675. The molecule has 1 saturated heterocycles. The van der Waals surface area contributed by atoms with Gasteiger partial charge in [-0.15, -0.1) is 0 Å². The molecule has 3 fully saturated rings. The molecule has 2 saturated carbocycles. The fourth-order valence-corrected chi connectivity index (χ4v) is 4.71. The summed E-state index contributed by atoms with van der Waals surface area (Å²) in [5, 5.41) is 7.85. The number of nitrogens with one attached hydrogen (secondary N) is 3. The Kier molecular flexibility index (Phi) is 4.81. The Morgan fingerprint density at radius 3 is 2.43 bits per heavy atom. The average molecular weight is 391 g/mol. The molecule has 2 aliphatic carbocycles. The van der Waals surface area contributed by atoms with Gasteiger partial charge in [-0.1, -0.05) is 31.0 Å². The van der Waals surface area contributed by atoms with Crippen LogP contribution in [0.4, 0.5) is 13.6 Å². The number of carbonyl (C=O) groups excluding carboxylic acids is 3. The fourth-order valence-electron chi connectivity index (χ4n) is 4.71. The first-order valence-electron chi connectivity index (χ1n) is 9.70. The molecule has 0 aromatic heterocycles. The average Bonchev–Trinajstić information content (AvgIpc) is 3.25. The summed E-state index contributed by atoms with van der Waals surface area (Å²) < 4.78 is 26.2. The fraction of sp³-hybridized carbons (Fsp3) is 0.550. The van der Waals surface area contributed by atoms with E-state index in [1.807, 2.05) is 0 Å². The molecule has 1 atom stereocenters. The lowest BCUT2D eigenvalue weighted by molar-refractivity contribution is -0.137. The van der Waals surface area contributed by atoms with Crippen LogP contribution in [0, 0.1) is 11.8 Å². The van der Waals surface area contributed by atoms with Crippen LogP contribution in [0.5, 0.6) is 0 Å². The highest BCUT2D eigenvalue weighted by atomic mass is 19.3. The summed E-state index contributed by atoms with van der Waals surface area (Å²) in [6.07, 6.45) is 1.95. The van der Waals surface area contributed by atoms with Gasteiger partial charge in [-0.3, -0.25) is 14.9 Å². The summed E-state index contributed by atoms with van der Waals surface area (Å²) in [5.74, 6) is -0.760. The number of alkyl halides is 2. The number of halogens is 2. The molecule has 8 heteroatoms. The number of imide groups is 1. The van der Waals surface area contributed by atoms with Crippen LogP contribution in [0.15, 0.2) is 24.3 Å². The number of benzene rings is 1. The third kappa shape index (κ3) is 3.36. The van der Waals surface area contributed by atoms with Crippen LogP contribution in [-0.2, 0) is 9.59 Å². The molecule has 6 nitrogen and oxygen atoms in total. The van der Waals surface area contributed by atoms with Gasteiger partial charge in [0.15, 0.2) is 0 Å². The van der Waals surface area contributed by atoms with E-state index >= 15 is 0 Å². The Hall–Kier alpha value is -2.51. The van der Waals surface area contributed by atoms with Crippen LogP contribution in [0.3, 0.4) is 0 Å². The summed E-state index contributed by atoms with van der Waals surface area (Å²) in [4.78, 5) is 36.1. The van der Waals surface area contributed by atoms with Gasteiger partial charge >= 0.3 is 6.03 Å². The molecular weight excluding hydrogens is 368 g/mol. The lowest BCUT2D eigenvalue weighted by Crippen LogP contribution is -2.60. The first-order chi connectivity index (χ1) is 13.4. The van der Waals surface area contributed by atoms with E-state index < -0.39 is 23.9 Å². The minimum atomic E-state index is -2.56. The third-order valence-electron chi connectivity index (χ3n) is 6.27. The van der Waals surface area contributed by atoms with E-state index in [9.17, 15) is 23.2 Å². The van der Waals surface area contributed by atoms with Crippen molar-refractivity contribution in [3.63, 3.8) is 0 Å². The van der Waals surface area contributed by atoms with Gasteiger partial charge < -0.3 is 10.6 Å². The lowest BCUT2D eigenvalue weighted by atomic mass is 9.67. The van der Waals surface area contributed by atoms with Crippen LogP contribution >= 0.6 is 0 Å². The van der Waals surface area contributed by atoms with Gasteiger partial charge in [-0.25, -0.2) is 13.6 Å². The van der Waals surface area contributed by atoms with Crippen molar-refractivity contribution in [2.45, 2.75) is 56.5 Å². The van der Waals surface area contributed by atoms with Crippen LogP contribution < -0.4 is 16.0 Å². The van der Waals surface area contributed by atoms with Crippen molar-refractivity contribution >= 4 is 17.8 Å². The van der Waals surface area contributed by atoms with Gasteiger partial charge in [0.05, 0.1) is 6.04 Å². The molecule has 4 rings (SSSR count). The SMILES string of the molecule is O=C1NC(=O)C2(CC(C(=O)NC(c3cccc(C(F)F)c3)C3CCCC3)C2)N1. The zero-order chi connectivity index (χ0) is 19.9. The highest BCUT2D eigenvalue weighted by Crippen LogP contribution is 2.42. The normalized spacial score (nSPS) is 28.2. The molecule has 0 radical (unpaired) electrons. The van der Waals surface area contributed by atoms with Crippen LogP contribution in [0.1, 0.15) is 62.1 Å². The highest BCUT2D eigenvalue weighted by molar-refractivity contribution is 6.08. The monoisotopic (exact) mass is 391 g/mol. The maximum Gasteiger partial charge on any atom is 0.322 e. The highest BCUT2D eigenvalue weighted by Gasteiger charge is 2.57. The molecular formula is C20H23F2N3O3. The van der Waals surface area contributed by atoms with Gasteiger partial charge in [0.2, 0.25) is 5.91 Å². The zero-order valence-corrected chi connectivity index (χ0v) is 15.3. The summed E-state index contributed by atoms with van der Waals surface area (Å²) in [5.41, 5.74) is -0.334. The Bertz CT molecular complexity index is 802. The van der Waals surface area contributed by atoms with Crippen molar-refractivity contribution in [2.75, 3.05) is 0 Å². The Labute approximate surface area is 161 Å². The molecule has 1 unspecified atom stereocenters. The van der Waals surface area contributed by atoms with Crippen LogP contribution in [-0.4, -0.2) is 23.4 Å². The molecule has 150 valence electrons. The smallest absolute Gasteiger partial charge is 0.322 e. The zero-order valence-electron chi connectivity index (χ0n) is 15.3. The molecule has 1 heterocycles. The van der Waals surface area contributed by atoms with Crippen molar-refractivity contribution in [3.8, 4) is 0 Å². The second-order valence-electron chi connectivity index (χ2n) is 8.10. The summed E-state index contributed by atoms with van der Waals surface area (Å²) in [6, 6.07) is 5.39. The summed E-state index contributed by atoms with van der Waals surface area (Å²) in [6.45, 7) is 0. The van der Waals surface area contributed by atoms with Crippen LogP contribution in [0.2, 0.25) is 0 Å². The van der Waals surface area contributed by atoms with Crippen LogP contribution in [0.25, 0.3) is 0 Å². The van der Waals surface area contributed by atoms with Gasteiger partial charge in [-0.05, 0) is 43.2 Å². The van der Waals surface area contributed by atoms with E-state index in [-0.39, 0.29) is 42.2 Å². The molecule has 0 bridgehead atoms. The second-order valence-corrected chi connectivity index (χ2v) is 8.10. The molecule has 1 aromatic carbocycles. The lowest BCUT2D eigenvalue weighted by Gasteiger charge is -2.42. The predicted octanol–water partition coefficient (Wildman–Crippen LogP) is 2.96. The van der Waals surface area contributed by atoms with E-state index in [1.54, 1.807) is 12.1 Å². The number of hydrogen-bond acceptors (Lipinski definition) is 3. The molecule has 1 aromatic rings. The first kappa shape index (κ1) is 18.8. The second kappa shape index (κ2) is 7.14. The van der Waals surface area contributed by atoms with E-state index in [4.69, 9.17) is 0 Å². The van der Waals surface area contributed by atoms with Crippen molar-refractivity contribution < 1.29 is 23.2 Å². The largest absolute Gasteiger partial charge is 0.349 e. The molecule has 28 heavy (non-hydrogen) atoms. The molecule has 1 spiro atoms. The van der Waals surface area contributed by atoms with Crippen molar-refractivity contribution in [1.29, 1.82) is 0 Å². The first-order valence-corrected chi connectivity index (χ1v) is 9.70. The number of urea groups is 1. The van der Waals surface area contributed by atoms with E-state index in [1.165, 1.54) is 12.1 Å². The van der Waals surface area contributed by atoms with E-state index in [0.717, 1.165) is 25.7 Å². The maximum atomic E-state index is 13.1. The van der Waals surface area contributed by atoms with Gasteiger partial charge in [0.1, 0.15) is 5.54 Å². The third-order valence-corrected chi connectivity index (χ3v) is 6.27. The number of amides is 4. The maximum absolute atomic E-state index is 13.1. The number of hydrogen-bond donors (Lipinski definition) is 3. The predicted molar refractivity (Wildman–Crippen MR) is 96.4 cm³/mol.